The van der Waals surface area contributed by atoms with E-state index >= 15 is 0 Å². The Morgan fingerprint density at radius 1 is 1.26 bits per heavy atom. The molecule has 190 valence electrons. The third-order valence-corrected chi connectivity index (χ3v) is 8.28. The van der Waals surface area contributed by atoms with Gasteiger partial charge in [0.25, 0.3) is 5.56 Å². The summed E-state index contributed by atoms with van der Waals surface area (Å²) in [7, 11) is -6.28. The van der Waals surface area contributed by atoms with E-state index in [1.807, 2.05) is 0 Å². The van der Waals surface area contributed by atoms with Gasteiger partial charge in [-0.25, -0.2) is 9.18 Å². The molecule has 1 fully saturated rings. The topological polar surface area (TPSA) is 172 Å². The number of benzene rings is 1. The highest BCUT2D eigenvalue weighted by Gasteiger charge is 2.45. The quantitative estimate of drug-likeness (QED) is 0.394. The van der Waals surface area contributed by atoms with Gasteiger partial charge in [-0.05, 0) is 12.1 Å². The summed E-state index contributed by atoms with van der Waals surface area (Å²) in [6.45, 7) is 1.46. The minimum Gasteiger partial charge on any atom is -0.387 e. The predicted octanol–water partition coefficient (Wildman–Crippen LogP) is 0.918. The van der Waals surface area contributed by atoms with Crippen molar-refractivity contribution in [2.45, 2.75) is 31.1 Å². The molecule has 3 unspecified atom stereocenters. The summed E-state index contributed by atoms with van der Waals surface area (Å²) in [5.41, 5.74) is -1.61. The number of para-hydroxylation sites is 1. The molecule has 0 bridgehead atoms. The van der Waals surface area contributed by atoms with Crippen LogP contribution in [0.15, 0.2) is 44.6 Å². The monoisotopic (exact) mass is 533 g/mol. The molecule has 1 aliphatic heterocycles. The highest BCUT2D eigenvalue weighted by atomic mass is 31.2. The first-order valence-corrected chi connectivity index (χ1v) is 14.1. The fourth-order valence-corrected chi connectivity index (χ4v) is 6.18. The standard InChI is InChI=1S/C19H22FN3O10P2/c1-34(28)33-35(2,29)30-9-13-15(25)16(26)18(31-13)22-7-6-14(24)23(19(22)27)8-12-10-4-3-5-11(20)17(10)32-21-12/h3-7,13,15-16,18,25-26,34H,8-9H2,1-2H3/t13-,15+,16?,18-,35?/m1/s1. The largest absolute Gasteiger partial charge is 0.387 e. The average molecular weight is 533 g/mol. The molecule has 0 saturated carbocycles. The summed E-state index contributed by atoms with van der Waals surface area (Å²) in [4.78, 5) is 25.5. The van der Waals surface area contributed by atoms with Gasteiger partial charge in [0, 0.05) is 31.0 Å². The number of nitrogens with zero attached hydrogens (tertiary/aromatic N) is 3. The van der Waals surface area contributed by atoms with Crippen molar-refractivity contribution in [3.8, 4) is 0 Å². The lowest BCUT2D eigenvalue weighted by Gasteiger charge is -2.19. The summed E-state index contributed by atoms with van der Waals surface area (Å²) in [5, 5.41) is 24.9. The van der Waals surface area contributed by atoms with Crippen LogP contribution in [0.25, 0.3) is 11.0 Å². The highest BCUT2D eigenvalue weighted by Crippen LogP contribution is 2.51. The molecule has 1 aromatic carbocycles. The number of hydrogen-bond acceptors (Lipinski definition) is 11. The summed E-state index contributed by atoms with van der Waals surface area (Å²) in [6, 6.07) is 5.17. The zero-order valence-corrected chi connectivity index (χ0v) is 20.3. The maximum atomic E-state index is 13.9. The van der Waals surface area contributed by atoms with E-state index in [4.69, 9.17) is 18.1 Å². The maximum absolute atomic E-state index is 13.9. The Labute approximate surface area is 197 Å². The van der Waals surface area contributed by atoms with Gasteiger partial charge in [-0.1, -0.05) is 11.2 Å². The SMILES string of the molecule is C[PH](=O)OP(C)(=O)OC[C@H]1O[C@@H](n2ccc(=O)n(Cc3noc4c(F)cccc34)c2=O)C(O)[C@H]1O. The minimum atomic E-state index is -3.72. The van der Waals surface area contributed by atoms with Gasteiger partial charge < -0.3 is 24.0 Å². The van der Waals surface area contributed by atoms with Crippen molar-refractivity contribution >= 4 is 26.6 Å². The van der Waals surface area contributed by atoms with Crippen LogP contribution in [0.3, 0.4) is 0 Å². The summed E-state index contributed by atoms with van der Waals surface area (Å²) in [5.74, 6) is -0.655. The molecule has 16 heteroatoms. The second kappa shape index (κ2) is 9.90. The van der Waals surface area contributed by atoms with Crippen molar-refractivity contribution in [1.82, 2.24) is 14.3 Å². The number of fused-ring (bicyclic) bond motifs is 1. The number of aliphatic hydroxyl groups is 2. The number of ether oxygens (including phenoxy) is 1. The van der Waals surface area contributed by atoms with Gasteiger partial charge >= 0.3 is 13.3 Å². The molecule has 2 aromatic heterocycles. The molecule has 3 aromatic rings. The van der Waals surface area contributed by atoms with Gasteiger partial charge in [0.1, 0.15) is 24.0 Å². The van der Waals surface area contributed by atoms with Crippen molar-refractivity contribution in [2.24, 2.45) is 0 Å². The number of rotatable bonds is 8. The molecular formula is C19H22FN3O10P2. The molecule has 4 rings (SSSR count). The Bertz CT molecular complexity index is 1440. The molecule has 35 heavy (non-hydrogen) atoms. The fourth-order valence-electron chi connectivity index (χ4n) is 3.68. The third-order valence-electron chi connectivity index (χ3n) is 5.31. The van der Waals surface area contributed by atoms with E-state index in [0.29, 0.717) is 0 Å². The van der Waals surface area contributed by atoms with Crippen LogP contribution in [0.4, 0.5) is 4.39 Å². The maximum Gasteiger partial charge on any atom is 0.333 e. The van der Waals surface area contributed by atoms with Gasteiger partial charge in [-0.3, -0.25) is 27.4 Å². The van der Waals surface area contributed by atoms with E-state index in [9.17, 15) is 33.3 Å². The molecule has 1 aliphatic rings. The number of aliphatic hydroxyl groups excluding tert-OH is 2. The molecule has 0 spiro atoms. The van der Waals surface area contributed by atoms with Crippen molar-refractivity contribution in [1.29, 1.82) is 0 Å². The van der Waals surface area contributed by atoms with Crippen molar-refractivity contribution in [3.63, 3.8) is 0 Å². The Kier molecular flexibility index (Phi) is 7.26. The molecule has 1 saturated heterocycles. The molecular weight excluding hydrogens is 511 g/mol. The number of aromatic nitrogens is 3. The van der Waals surface area contributed by atoms with Gasteiger partial charge in [0.2, 0.25) is 5.58 Å². The lowest BCUT2D eigenvalue weighted by atomic mass is 10.1. The molecule has 0 radical (unpaired) electrons. The lowest BCUT2D eigenvalue weighted by Crippen LogP contribution is -2.43. The van der Waals surface area contributed by atoms with Crippen LogP contribution in [-0.2, 0) is 29.2 Å². The van der Waals surface area contributed by atoms with Crippen LogP contribution in [0.2, 0.25) is 0 Å². The van der Waals surface area contributed by atoms with E-state index in [1.165, 1.54) is 24.9 Å². The first-order valence-electron chi connectivity index (χ1n) is 10.3. The van der Waals surface area contributed by atoms with E-state index < -0.39 is 63.8 Å². The van der Waals surface area contributed by atoms with E-state index in [2.05, 4.69) is 5.16 Å². The molecule has 13 nitrogen and oxygen atoms in total. The van der Waals surface area contributed by atoms with E-state index in [0.717, 1.165) is 28.1 Å². The highest BCUT2D eigenvalue weighted by molar-refractivity contribution is 7.61. The zero-order valence-electron chi connectivity index (χ0n) is 18.4. The lowest BCUT2D eigenvalue weighted by molar-refractivity contribution is -0.0527. The number of halogens is 1. The summed E-state index contributed by atoms with van der Waals surface area (Å²) < 4.78 is 59.3. The molecule has 3 heterocycles. The van der Waals surface area contributed by atoms with Crippen LogP contribution < -0.4 is 11.2 Å². The predicted molar refractivity (Wildman–Crippen MR) is 119 cm³/mol. The smallest absolute Gasteiger partial charge is 0.333 e. The first kappa shape index (κ1) is 25.6. The van der Waals surface area contributed by atoms with Crippen LogP contribution in [0, 0.1) is 5.82 Å². The van der Waals surface area contributed by atoms with Crippen LogP contribution >= 0.6 is 15.6 Å². The van der Waals surface area contributed by atoms with Crippen molar-refractivity contribution in [2.75, 3.05) is 19.9 Å². The second-order valence-electron chi connectivity index (χ2n) is 7.87. The van der Waals surface area contributed by atoms with Crippen LogP contribution in [-0.4, -0.2) is 62.8 Å². The van der Waals surface area contributed by atoms with E-state index in [-0.39, 0.29) is 23.2 Å². The summed E-state index contributed by atoms with van der Waals surface area (Å²) in [6.07, 6.45) is -4.72. The van der Waals surface area contributed by atoms with Crippen molar-refractivity contribution < 1.29 is 41.8 Å². The van der Waals surface area contributed by atoms with Crippen molar-refractivity contribution in [3.05, 3.63) is 62.8 Å². The zero-order chi connectivity index (χ0) is 25.5. The normalized spacial score (nSPS) is 25.1. The first-order chi connectivity index (χ1) is 16.5. The molecule has 2 N–H and O–H groups in total. The Hall–Kier alpha value is -2.44. The fraction of sp³-hybridized carbons (Fsp3) is 0.421. The van der Waals surface area contributed by atoms with E-state index in [1.54, 1.807) is 0 Å². The summed E-state index contributed by atoms with van der Waals surface area (Å²) >= 11 is 0. The van der Waals surface area contributed by atoms with Gasteiger partial charge in [-0.15, -0.1) is 0 Å². The average Bonchev–Trinajstić information content (AvgIpc) is 3.31. The molecule has 0 aliphatic carbocycles. The Balaban J connectivity index is 1.59. The van der Waals surface area contributed by atoms with Crippen LogP contribution in [0.1, 0.15) is 11.9 Å². The van der Waals surface area contributed by atoms with Gasteiger partial charge in [-0.2, -0.15) is 0 Å². The Morgan fingerprint density at radius 3 is 2.71 bits per heavy atom. The minimum absolute atomic E-state index is 0.127. The molecule has 6 atom stereocenters. The van der Waals surface area contributed by atoms with Gasteiger partial charge in [0.05, 0.1) is 13.2 Å². The second-order valence-corrected chi connectivity index (χ2v) is 11.4. The number of hydrogen-bond donors (Lipinski definition) is 2. The Morgan fingerprint density at radius 2 is 2.00 bits per heavy atom. The van der Waals surface area contributed by atoms with Gasteiger partial charge in [0.15, 0.2) is 20.1 Å². The third kappa shape index (κ3) is 5.24. The molecule has 0 amide bonds. The van der Waals surface area contributed by atoms with Crippen LogP contribution in [0.5, 0.6) is 0 Å².